The van der Waals surface area contributed by atoms with E-state index in [9.17, 15) is 4.79 Å². The number of allylic oxidation sites excluding steroid dienone is 2. The van der Waals surface area contributed by atoms with Gasteiger partial charge in [0.25, 0.3) is 0 Å². The molecule has 0 amide bonds. The summed E-state index contributed by atoms with van der Waals surface area (Å²) in [6, 6.07) is 0. The van der Waals surface area contributed by atoms with Crippen molar-refractivity contribution in [3.8, 4) is 0 Å². The molecule has 1 heteroatoms. The SMILES string of the molecule is CCC/C=C1/CCC(=O)C1. The summed E-state index contributed by atoms with van der Waals surface area (Å²) >= 11 is 0. The zero-order valence-electron chi connectivity index (χ0n) is 6.52. The Bertz CT molecular complexity index is 156. The molecule has 0 spiro atoms. The second-order valence-electron chi connectivity index (χ2n) is 2.87. The lowest BCUT2D eigenvalue weighted by Gasteiger charge is -1.90. The Kier molecular flexibility index (Phi) is 2.67. The van der Waals surface area contributed by atoms with E-state index in [1.165, 1.54) is 12.0 Å². The van der Waals surface area contributed by atoms with Crippen molar-refractivity contribution in [2.24, 2.45) is 0 Å². The Morgan fingerprint density at radius 1 is 1.50 bits per heavy atom. The average Bonchev–Trinajstić information content (AvgIpc) is 2.31. The maximum Gasteiger partial charge on any atom is 0.137 e. The summed E-state index contributed by atoms with van der Waals surface area (Å²) in [5, 5.41) is 0. The third-order valence-electron chi connectivity index (χ3n) is 1.87. The van der Waals surface area contributed by atoms with Gasteiger partial charge < -0.3 is 0 Å². The van der Waals surface area contributed by atoms with Gasteiger partial charge in [0, 0.05) is 12.8 Å². The topological polar surface area (TPSA) is 17.1 Å². The molecule has 1 fully saturated rings. The molecule has 0 aromatic carbocycles. The predicted octanol–water partition coefficient (Wildman–Crippen LogP) is 2.47. The van der Waals surface area contributed by atoms with Gasteiger partial charge in [-0.2, -0.15) is 0 Å². The van der Waals surface area contributed by atoms with Crippen molar-refractivity contribution in [2.75, 3.05) is 0 Å². The van der Waals surface area contributed by atoms with Crippen molar-refractivity contribution < 1.29 is 4.79 Å². The fourth-order valence-electron chi connectivity index (χ4n) is 1.25. The average molecular weight is 138 g/mol. The molecule has 1 saturated carbocycles. The molecule has 0 unspecified atom stereocenters. The van der Waals surface area contributed by atoms with E-state index >= 15 is 0 Å². The molecule has 0 N–H and O–H groups in total. The quantitative estimate of drug-likeness (QED) is 0.536. The van der Waals surface area contributed by atoms with E-state index < -0.39 is 0 Å². The van der Waals surface area contributed by atoms with E-state index in [-0.39, 0.29) is 0 Å². The zero-order valence-corrected chi connectivity index (χ0v) is 6.52. The molecule has 56 valence electrons. The molecular formula is C9H14O. The number of hydrogen-bond donors (Lipinski definition) is 0. The van der Waals surface area contributed by atoms with Gasteiger partial charge in [-0.3, -0.25) is 4.79 Å². The first-order chi connectivity index (χ1) is 4.83. The molecular weight excluding hydrogens is 124 g/mol. The number of Topliss-reactive ketones (excluding diaryl/α,β-unsaturated/α-hetero) is 1. The highest BCUT2D eigenvalue weighted by Crippen LogP contribution is 2.21. The highest BCUT2D eigenvalue weighted by molar-refractivity contribution is 5.84. The highest BCUT2D eigenvalue weighted by atomic mass is 16.1. The number of rotatable bonds is 2. The number of unbranched alkanes of at least 4 members (excludes halogenated alkanes) is 1. The van der Waals surface area contributed by atoms with Crippen LogP contribution in [-0.2, 0) is 4.79 Å². The van der Waals surface area contributed by atoms with E-state index in [4.69, 9.17) is 0 Å². The third kappa shape index (κ3) is 1.98. The first-order valence-electron chi connectivity index (χ1n) is 4.02. The molecule has 0 saturated heterocycles. The Hall–Kier alpha value is -0.590. The van der Waals surface area contributed by atoms with Gasteiger partial charge in [-0.05, 0) is 12.8 Å². The Morgan fingerprint density at radius 3 is 2.80 bits per heavy atom. The number of carbonyl (C=O) groups excluding carboxylic acids is 1. The van der Waals surface area contributed by atoms with Crippen molar-refractivity contribution >= 4 is 5.78 Å². The summed E-state index contributed by atoms with van der Waals surface area (Å²) < 4.78 is 0. The summed E-state index contributed by atoms with van der Waals surface area (Å²) in [5.41, 5.74) is 1.37. The van der Waals surface area contributed by atoms with Crippen molar-refractivity contribution in [1.29, 1.82) is 0 Å². The van der Waals surface area contributed by atoms with Crippen LogP contribution in [0.2, 0.25) is 0 Å². The second-order valence-corrected chi connectivity index (χ2v) is 2.87. The molecule has 10 heavy (non-hydrogen) atoms. The van der Waals surface area contributed by atoms with Gasteiger partial charge in [0.05, 0.1) is 0 Å². The minimum Gasteiger partial charge on any atom is -0.299 e. The summed E-state index contributed by atoms with van der Waals surface area (Å²) in [7, 11) is 0. The summed E-state index contributed by atoms with van der Waals surface area (Å²) in [6.45, 7) is 2.16. The molecule has 0 aliphatic heterocycles. The Balaban J connectivity index is 2.36. The highest BCUT2D eigenvalue weighted by Gasteiger charge is 2.13. The number of hydrogen-bond acceptors (Lipinski definition) is 1. The molecule has 0 heterocycles. The molecule has 1 nitrogen and oxygen atoms in total. The van der Waals surface area contributed by atoms with Crippen LogP contribution in [0.4, 0.5) is 0 Å². The first-order valence-corrected chi connectivity index (χ1v) is 4.02. The normalized spacial score (nSPS) is 22.5. The van der Waals surface area contributed by atoms with Crippen LogP contribution in [0.1, 0.15) is 39.0 Å². The van der Waals surface area contributed by atoms with Crippen LogP contribution in [0.3, 0.4) is 0 Å². The standard InChI is InChI=1S/C9H14O/c1-2-3-4-8-5-6-9(10)7-8/h4H,2-3,5-7H2,1H3/b8-4-. The molecule has 0 aromatic rings. The summed E-state index contributed by atoms with van der Waals surface area (Å²) in [5.74, 6) is 0.419. The van der Waals surface area contributed by atoms with Gasteiger partial charge >= 0.3 is 0 Å². The Morgan fingerprint density at radius 2 is 2.30 bits per heavy atom. The third-order valence-corrected chi connectivity index (χ3v) is 1.87. The van der Waals surface area contributed by atoms with Crippen LogP contribution in [-0.4, -0.2) is 5.78 Å². The van der Waals surface area contributed by atoms with Crippen molar-refractivity contribution in [3.05, 3.63) is 11.6 Å². The molecule has 1 aliphatic rings. The van der Waals surface area contributed by atoms with E-state index in [2.05, 4.69) is 13.0 Å². The van der Waals surface area contributed by atoms with Gasteiger partial charge in [0.2, 0.25) is 0 Å². The minimum atomic E-state index is 0.419. The number of ketones is 1. The summed E-state index contributed by atoms with van der Waals surface area (Å²) in [4.78, 5) is 10.8. The summed E-state index contributed by atoms with van der Waals surface area (Å²) in [6.07, 6.45) is 7.11. The van der Waals surface area contributed by atoms with Crippen LogP contribution in [0.5, 0.6) is 0 Å². The van der Waals surface area contributed by atoms with Crippen molar-refractivity contribution in [2.45, 2.75) is 39.0 Å². The van der Waals surface area contributed by atoms with Gasteiger partial charge in [0.15, 0.2) is 0 Å². The van der Waals surface area contributed by atoms with Crippen molar-refractivity contribution in [3.63, 3.8) is 0 Å². The van der Waals surface area contributed by atoms with Crippen LogP contribution >= 0.6 is 0 Å². The largest absolute Gasteiger partial charge is 0.299 e. The zero-order chi connectivity index (χ0) is 7.40. The minimum absolute atomic E-state index is 0.419. The first kappa shape index (κ1) is 7.52. The lowest BCUT2D eigenvalue weighted by Crippen LogP contribution is -1.83. The van der Waals surface area contributed by atoms with E-state index in [0.29, 0.717) is 5.78 Å². The van der Waals surface area contributed by atoms with Gasteiger partial charge in [-0.1, -0.05) is 25.0 Å². The van der Waals surface area contributed by atoms with E-state index in [1.54, 1.807) is 0 Å². The second kappa shape index (κ2) is 3.55. The lowest BCUT2D eigenvalue weighted by molar-refractivity contribution is -0.117. The number of carbonyl (C=O) groups is 1. The van der Waals surface area contributed by atoms with E-state index in [1.807, 2.05) is 0 Å². The van der Waals surface area contributed by atoms with Gasteiger partial charge in [-0.25, -0.2) is 0 Å². The molecule has 0 aromatic heterocycles. The fourth-order valence-corrected chi connectivity index (χ4v) is 1.25. The van der Waals surface area contributed by atoms with Crippen LogP contribution < -0.4 is 0 Å². The Labute approximate surface area is 62.1 Å². The molecule has 1 aliphatic carbocycles. The predicted molar refractivity (Wildman–Crippen MR) is 41.8 cm³/mol. The fraction of sp³-hybridized carbons (Fsp3) is 0.667. The monoisotopic (exact) mass is 138 g/mol. The molecule has 0 bridgehead atoms. The molecule has 0 atom stereocenters. The van der Waals surface area contributed by atoms with Crippen LogP contribution in [0, 0.1) is 0 Å². The van der Waals surface area contributed by atoms with Crippen LogP contribution in [0.15, 0.2) is 11.6 Å². The lowest BCUT2D eigenvalue weighted by atomic mass is 10.2. The van der Waals surface area contributed by atoms with E-state index in [0.717, 1.165) is 25.7 Å². The maximum absolute atomic E-state index is 10.8. The maximum atomic E-state index is 10.8. The van der Waals surface area contributed by atoms with Gasteiger partial charge in [0.1, 0.15) is 5.78 Å². The van der Waals surface area contributed by atoms with Gasteiger partial charge in [-0.15, -0.1) is 0 Å². The molecule has 1 rings (SSSR count). The van der Waals surface area contributed by atoms with Crippen LogP contribution in [0.25, 0.3) is 0 Å². The van der Waals surface area contributed by atoms with Crippen molar-refractivity contribution in [1.82, 2.24) is 0 Å². The smallest absolute Gasteiger partial charge is 0.137 e. The molecule has 0 radical (unpaired) electrons.